The third-order valence-corrected chi connectivity index (χ3v) is 1.82. The van der Waals surface area contributed by atoms with Crippen LogP contribution in [0.2, 0.25) is 0 Å². The van der Waals surface area contributed by atoms with Gasteiger partial charge in [-0.2, -0.15) is 0 Å². The quantitative estimate of drug-likeness (QED) is 0.356. The molecule has 0 aliphatic rings. The van der Waals surface area contributed by atoms with Crippen LogP contribution >= 0.6 is 0 Å². The van der Waals surface area contributed by atoms with Gasteiger partial charge >= 0.3 is 5.97 Å². The fraction of sp³-hybridized carbons (Fsp3) is 0.700. The molecule has 0 radical (unpaired) electrons. The second-order valence-corrected chi connectivity index (χ2v) is 3.65. The van der Waals surface area contributed by atoms with Gasteiger partial charge in [-0.1, -0.05) is 6.58 Å². The summed E-state index contributed by atoms with van der Waals surface area (Å²) in [6.07, 6.45) is 1.80. The molecule has 4 nitrogen and oxygen atoms in total. The van der Waals surface area contributed by atoms with Crippen molar-refractivity contribution in [3.63, 3.8) is 0 Å². The number of esters is 1. The van der Waals surface area contributed by atoms with Gasteiger partial charge in [0.1, 0.15) is 0 Å². The van der Waals surface area contributed by atoms with Crippen LogP contribution in [0.15, 0.2) is 12.7 Å². The summed E-state index contributed by atoms with van der Waals surface area (Å²) in [6.45, 7) is 4.25. The first-order valence-electron chi connectivity index (χ1n) is 4.61. The number of carbonyl (C=O) groups is 1. The number of carbonyl (C=O) groups excluding carboxylic acids is 1. The lowest BCUT2D eigenvalue weighted by Gasteiger charge is -2.24. The average molecular weight is 200 g/mol. The third kappa shape index (κ3) is 5.72. The van der Waals surface area contributed by atoms with E-state index in [1.165, 1.54) is 6.08 Å². The second kappa shape index (κ2) is 6.56. The molecule has 0 saturated carbocycles. The molecule has 0 heterocycles. The van der Waals surface area contributed by atoms with Crippen molar-refractivity contribution in [2.45, 2.75) is 12.6 Å². The van der Waals surface area contributed by atoms with Gasteiger partial charge in [0.2, 0.25) is 0 Å². The topological polar surface area (TPSA) is 32.8 Å². The highest BCUT2D eigenvalue weighted by Gasteiger charge is 2.14. The first-order chi connectivity index (χ1) is 6.47. The zero-order valence-electron chi connectivity index (χ0n) is 9.49. The summed E-state index contributed by atoms with van der Waals surface area (Å²) in [4.78, 5) is 14.9. The van der Waals surface area contributed by atoms with Crippen molar-refractivity contribution in [3.8, 4) is 0 Å². The fourth-order valence-electron chi connectivity index (χ4n) is 0.973. The van der Waals surface area contributed by atoms with Crippen molar-refractivity contribution >= 4 is 5.97 Å². The summed E-state index contributed by atoms with van der Waals surface area (Å²) in [5, 5.41) is 0. The van der Waals surface area contributed by atoms with Gasteiger partial charge < -0.3 is 9.64 Å². The Bertz CT molecular complexity index is 191. The van der Waals surface area contributed by atoms with Gasteiger partial charge in [-0.05, 0) is 28.2 Å². The van der Waals surface area contributed by atoms with Crippen LogP contribution in [0.5, 0.6) is 0 Å². The predicted molar refractivity (Wildman–Crippen MR) is 56.9 cm³/mol. The smallest absolute Gasteiger partial charge is 0.331 e. The number of rotatable bonds is 6. The van der Waals surface area contributed by atoms with E-state index in [2.05, 4.69) is 11.5 Å². The van der Waals surface area contributed by atoms with Crippen molar-refractivity contribution < 1.29 is 9.53 Å². The number of hydrogen-bond acceptors (Lipinski definition) is 4. The van der Waals surface area contributed by atoms with Gasteiger partial charge in [-0.3, -0.25) is 4.90 Å². The molecule has 0 N–H and O–H groups in total. The van der Waals surface area contributed by atoms with E-state index in [9.17, 15) is 4.79 Å². The highest BCUT2D eigenvalue weighted by molar-refractivity contribution is 5.81. The highest BCUT2D eigenvalue weighted by Crippen LogP contribution is 2.03. The molecule has 0 aliphatic carbocycles. The van der Waals surface area contributed by atoms with Crippen LogP contribution in [0.4, 0.5) is 0 Å². The average Bonchev–Trinajstić information content (AvgIpc) is 2.10. The van der Waals surface area contributed by atoms with Crippen LogP contribution in [0.1, 0.15) is 6.42 Å². The molecule has 4 heteroatoms. The fourth-order valence-corrected chi connectivity index (χ4v) is 0.973. The Morgan fingerprint density at radius 2 is 2.00 bits per heavy atom. The third-order valence-electron chi connectivity index (χ3n) is 1.82. The maximum Gasteiger partial charge on any atom is 0.331 e. The van der Waals surface area contributed by atoms with Gasteiger partial charge in [0, 0.05) is 19.0 Å². The summed E-state index contributed by atoms with van der Waals surface area (Å²) in [5.74, 6) is -0.373. The van der Waals surface area contributed by atoms with Crippen molar-refractivity contribution in [1.29, 1.82) is 0 Å². The van der Waals surface area contributed by atoms with E-state index in [0.29, 0.717) is 0 Å². The van der Waals surface area contributed by atoms with Crippen LogP contribution in [0.3, 0.4) is 0 Å². The summed E-state index contributed by atoms with van der Waals surface area (Å²) in [6, 6.07) is 0. The summed E-state index contributed by atoms with van der Waals surface area (Å²) >= 11 is 0. The number of nitrogens with zero attached hydrogens (tertiary/aromatic N) is 2. The molecule has 0 aromatic rings. The summed E-state index contributed by atoms with van der Waals surface area (Å²) < 4.78 is 5.15. The molecule has 1 atom stereocenters. The van der Waals surface area contributed by atoms with Crippen LogP contribution < -0.4 is 0 Å². The van der Waals surface area contributed by atoms with Gasteiger partial charge in [-0.25, -0.2) is 4.79 Å². The Hall–Kier alpha value is -0.870. The van der Waals surface area contributed by atoms with Crippen LogP contribution in [0, 0.1) is 0 Å². The Labute approximate surface area is 86.1 Å². The molecule has 0 bridgehead atoms. The van der Waals surface area contributed by atoms with E-state index in [1.807, 2.05) is 33.1 Å². The predicted octanol–water partition coefficient (Wildman–Crippen LogP) is 0.555. The van der Waals surface area contributed by atoms with Gasteiger partial charge in [0.15, 0.2) is 6.23 Å². The molecule has 0 amide bonds. The molecular formula is C10H20N2O2. The molecule has 0 saturated heterocycles. The molecule has 0 rings (SSSR count). The summed E-state index contributed by atoms with van der Waals surface area (Å²) in [5.41, 5.74) is 0. The molecule has 1 unspecified atom stereocenters. The molecule has 0 aliphatic heterocycles. The largest absolute Gasteiger partial charge is 0.443 e. The highest BCUT2D eigenvalue weighted by atomic mass is 16.6. The Morgan fingerprint density at radius 3 is 2.36 bits per heavy atom. The molecule has 14 heavy (non-hydrogen) atoms. The van der Waals surface area contributed by atoms with E-state index in [1.54, 1.807) is 0 Å². The van der Waals surface area contributed by atoms with Crippen LogP contribution in [-0.4, -0.2) is 56.7 Å². The first-order valence-corrected chi connectivity index (χ1v) is 4.61. The van der Waals surface area contributed by atoms with Crippen molar-refractivity contribution in [1.82, 2.24) is 9.80 Å². The Morgan fingerprint density at radius 1 is 1.43 bits per heavy atom. The minimum atomic E-state index is -0.373. The van der Waals surface area contributed by atoms with Gasteiger partial charge in [0.25, 0.3) is 0 Å². The molecular weight excluding hydrogens is 180 g/mol. The van der Waals surface area contributed by atoms with E-state index < -0.39 is 0 Å². The maximum atomic E-state index is 11.0. The van der Waals surface area contributed by atoms with Crippen molar-refractivity contribution in [2.75, 3.05) is 34.7 Å². The standard InChI is InChI=1S/C10H20N2O2/c1-6-10(13)14-9(12(4)5)7-8-11(2)3/h6,9H,1,7-8H2,2-5H3. The van der Waals surface area contributed by atoms with E-state index in [-0.39, 0.29) is 12.2 Å². The molecule has 0 fully saturated rings. The van der Waals surface area contributed by atoms with Crippen molar-refractivity contribution in [2.24, 2.45) is 0 Å². The number of ether oxygens (including phenoxy) is 1. The molecule has 0 aromatic heterocycles. The lowest BCUT2D eigenvalue weighted by atomic mass is 10.3. The number of hydrogen-bond donors (Lipinski definition) is 0. The molecule has 0 spiro atoms. The Balaban J connectivity index is 4.02. The van der Waals surface area contributed by atoms with Crippen LogP contribution in [0.25, 0.3) is 0 Å². The summed E-state index contributed by atoms with van der Waals surface area (Å²) in [7, 11) is 7.75. The monoisotopic (exact) mass is 200 g/mol. The molecule has 0 aromatic carbocycles. The van der Waals surface area contributed by atoms with E-state index in [4.69, 9.17) is 4.74 Å². The zero-order chi connectivity index (χ0) is 11.1. The lowest BCUT2D eigenvalue weighted by molar-refractivity contribution is -0.151. The SMILES string of the molecule is C=CC(=O)OC(CCN(C)C)N(C)C. The molecule has 82 valence electrons. The van der Waals surface area contributed by atoms with E-state index >= 15 is 0 Å². The normalized spacial score (nSPS) is 13.0. The zero-order valence-corrected chi connectivity index (χ0v) is 9.49. The second-order valence-electron chi connectivity index (χ2n) is 3.65. The Kier molecular flexibility index (Phi) is 6.16. The van der Waals surface area contributed by atoms with Crippen LogP contribution in [-0.2, 0) is 9.53 Å². The first kappa shape index (κ1) is 13.1. The minimum absolute atomic E-state index is 0.178. The minimum Gasteiger partial charge on any atom is -0.443 e. The lowest BCUT2D eigenvalue weighted by Crippen LogP contribution is -2.35. The maximum absolute atomic E-state index is 11.0. The van der Waals surface area contributed by atoms with Gasteiger partial charge in [-0.15, -0.1) is 0 Å². The van der Waals surface area contributed by atoms with Gasteiger partial charge in [0.05, 0.1) is 0 Å². The van der Waals surface area contributed by atoms with Crippen molar-refractivity contribution in [3.05, 3.63) is 12.7 Å². The van der Waals surface area contributed by atoms with E-state index in [0.717, 1.165) is 13.0 Å².